The van der Waals surface area contributed by atoms with Crippen LogP contribution < -0.4 is 0 Å². The molecular weight excluding hydrogens is 222 g/mol. The van der Waals surface area contributed by atoms with Crippen molar-refractivity contribution in [3.05, 3.63) is 30.1 Å². The van der Waals surface area contributed by atoms with Crippen molar-refractivity contribution < 1.29 is 5.11 Å². The Hall–Kier alpha value is -0.890. The number of pyridine rings is 1. The fourth-order valence-corrected chi connectivity index (χ4v) is 3.37. The van der Waals surface area contributed by atoms with Crippen molar-refractivity contribution in [1.29, 1.82) is 0 Å². The molecule has 1 aliphatic rings. The molecule has 18 heavy (non-hydrogen) atoms. The molecule has 1 saturated carbocycles. The van der Waals surface area contributed by atoms with Gasteiger partial charge >= 0.3 is 0 Å². The van der Waals surface area contributed by atoms with Crippen LogP contribution in [0.15, 0.2) is 24.5 Å². The quantitative estimate of drug-likeness (QED) is 0.882. The topological polar surface area (TPSA) is 33.1 Å². The molecule has 0 radical (unpaired) electrons. The zero-order valence-electron chi connectivity index (χ0n) is 11.6. The summed E-state index contributed by atoms with van der Waals surface area (Å²) in [5.41, 5.74) is 0.658. The van der Waals surface area contributed by atoms with Crippen molar-refractivity contribution in [2.45, 2.75) is 58.0 Å². The first-order chi connectivity index (χ1) is 8.57. The Kier molecular flexibility index (Phi) is 4.39. The third-order valence-corrected chi connectivity index (χ3v) is 3.98. The van der Waals surface area contributed by atoms with E-state index in [1.165, 1.54) is 12.8 Å². The molecule has 1 N–H and O–H groups in total. The van der Waals surface area contributed by atoms with Gasteiger partial charge in [-0.2, -0.15) is 0 Å². The molecule has 2 unspecified atom stereocenters. The van der Waals surface area contributed by atoms with Gasteiger partial charge in [0.05, 0.1) is 5.60 Å². The average Bonchev–Trinajstić information content (AvgIpc) is 2.28. The van der Waals surface area contributed by atoms with Crippen LogP contribution in [0, 0.1) is 11.8 Å². The lowest BCUT2D eigenvalue weighted by molar-refractivity contribution is -0.0189. The molecule has 1 heterocycles. The molecule has 0 aliphatic heterocycles. The van der Waals surface area contributed by atoms with E-state index < -0.39 is 5.60 Å². The Bertz CT molecular complexity index is 363. The van der Waals surface area contributed by atoms with Gasteiger partial charge in [0.25, 0.3) is 0 Å². The van der Waals surface area contributed by atoms with Crippen LogP contribution in [0.25, 0.3) is 0 Å². The van der Waals surface area contributed by atoms with E-state index in [-0.39, 0.29) is 0 Å². The predicted octanol–water partition coefficient (Wildman–Crippen LogP) is 3.59. The van der Waals surface area contributed by atoms with Crippen LogP contribution in [0.2, 0.25) is 0 Å². The number of aromatic nitrogens is 1. The van der Waals surface area contributed by atoms with Crippen molar-refractivity contribution >= 4 is 0 Å². The van der Waals surface area contributed by atoms with E-state index in [1.807, 2.05) is 12.3 Å². The average molecular weight is 247 g/mol. The molecule has 0 spiro atoms. The zero-order chi connectivity index (χ0) is 13.0. The fraction of sp³-hybridized carbons (Fsp3) is 0.688. The smallest absolute Gasteiger partial charge is 0.0691 e. The second-order valence-electron chi connectivity index (χ2n) is 6.35. The van der Waals surface area contributed by atoms with Crippen molar-refractivity contribution in [2.75, 3.05) is 0 Å². The van der Waals surface area contributed by atoms with E-state index in [1.54, 1.807) is 6.20 Å². The summed E-state index contributed by atoms with van der Waals surface area (Å²) in [6, 6.07) is 4.02. The SMILES string of the molecule is CC(C)CC1CCCC(O)(Cc2cccnc2)C1. The molecule has 100 valence electrons. The standard InChI is InChI=1S/C16H25NO/c1-13(2)9-14-5-3-7-16(18,10-14)11-15-6-4-8-17-12-15/h4,6,8,12-14,18H,3,5,7,9-11H2,1-2H3. The molecule has 0 bridgehead atoms. The number of hydrogen-bond acceptors (Lipinski definition) is 2. The van der Waals surface area contributed by atoms with Crippen LogP contribution >= 0.6 is 0 Å². The normalized spacial score (nSPS) is 28.6. The van der Waals surface area contributed by atoms with E-state index >= 15 is 0 Å². The molecule has 0 amide bonds. The third kappa shape index (κ3) is 3.81. The second-order valence-corrected chi connectivity index (χ2v) is 6.35. The molecule has 1 aromatic rings. The van der Waals surface area contributed by atoms with E-state index in [2.05, 4.69) is 24.9 Å². The van der Waals surface area contributed by atoms with Crippen molar-refractivity contribution in [1.82, 2.24) is 4.98 Å². The monoisotopic (exact) mass is 247 g/mol. The molecule has 2 atom stereocenters. The van der Waals surface area contributed by atoms with E-state index in [0.29, 0.717) is 5.92 Å². The van der Waals surface area contributed by atoms with E-state index in [9.17, 15) is 5.11 Å². The van der Waals surface area contributed by atoms with Crippen LogP contribution in [0.1, 0.15) is 51.5 Å². The van der Waals surface area contributed by atoms with Gasteiger partial charge in [0, 0.05) is 18.8 Å². The maximum Gasteiger partial charge on any atom is 0.0691 e. The highest BCUT2D eigenvalue weighted by Gasteiger charge is 2.34. The number of rotatable bonds is 4. The van der Waals surface area contributed by atoms with Gasteiger partial charge in [0.2, 0.25) is 0 Å². The van der Waals surface area contributed by atoms with Gasteiger partial charge in [-0.25, -0.2) is 0 Å². The summed E-state index contributed by atoms with van der Waals surface area (Å²) in [6.45, 7) is 4.55. The molecule has 1 fully saturated rings. The highest BCUT2D eigenvalue weighted by atomic mass is 16.3. The Balaban J connectivity index is 1.97. The van der Waals surface area contributed by atoms with Crippen LogP contribution in [0.5, 0.6) is 0 Å². The zero-order valence-corrected chi connectivity index (χ0v) is 11.6. The molecule has 2 nitrogen and oxygen atoms in total. The Morgan fingerprint density at radius 3 is 3.00 bits per heavy atom. The predicted molar refractivity (Wildman–Crippen MR) is 74.3 cm³/mol. The maximum atomic E-state index is 10.8. The van der Waals surface area contributed by atoms with Gasteiger partial charge in [-0.05, 0) is 42.7 Å². The Morgan fingerprint density at radius 1 is 1.50 bits per heavy atom. The molecule has 2 heteroatoms. The van der Waals surface area contributed by atoms with Gasteiger partial charge in [-0.1, -0.05) is 32.8 Å². The lowest BCUT2D eigenvalue weighted by Gasteiger charge is -2.37. The third-order valence-electron chi connectivity index (χ3n) is 3.98. The van der Waals surface area contributed by atoms with Crippen molar-refractivity contribution in [2.24, 2.45) is 11.8 Å². The first-order valence-electron chi connectivity index (χ1n) is 7.19. The van der Waals surface area contributed by atoms with Gasteiger partial charge < -0.3 is 5.11 Å². The minimum Gasteiger partial charge on any atom is -0.390 e. The minimum atomic E-state index is -0.499. The van der Waals surface area contributed by atoms with E-state index in [4.69, 9.17) is 0 Å². The molecule has 0 saturated heterocycles. The molecule has 2 rings (SSSR count). The highest BCUT2D eigenvalue weighted by Crippen LogP contribution is 2.37. The Morgan fingerprint density at radius 2 is 2.33 bits per heavy atom. The second kappa shape index (κ2) is 5.83. The molecule has 1 aromatic heterocycles. The van der Waals surface area contributed by atoms with E-state index in [0.717, 1.165) is 37.2 Å². The van der Waals surface area contributed by atoms with Crippen LogP contribution in [-0.2, 0) is 6.42 Å². The van der Waals surface area contributed by atoms with Crippen molar-refractivity contribution in [3.8, 4) is 0 Å². The van der Waals surface area contributed by atoms with Gasteiger partial charge in [-0.3, -0.25) is 4.98 Å². The first kappa shape index (κ1) is 13.5. The summed E-state index contributed by atoms with van der Waals surface area (Å²) in [6.07, 6.45) is 10.0. The molecular formula is C16H25NO. The Labute approximate surface area is 110 Å². The van der Waals surface area contributed by atoms with Crippen molar-refractivity contribution in [3.63, 3.8) is 0 Å². The van der Waals surface area contributed by atoms with Gasteiger partial charge in [0.15, 0.2) is 0 Å². The summed E-state index contributed by atoms with van der Waals surface area (Å²) in [5, 5.41) is 10.8. The summed E-state index contributed by atoms with van der Waals surface area (Å²) >= 11 is 0. The number of aliphatic hydroxyl groups is 1. The fourth-order valence-electron chi connectivity index (χ4n) is 3.37. The van der Waals surface area contributed by atoms with Crippen LogP contribution in [0.3, 0.4) is 0 Å². The lowest BCUT2D eigenvalue weighted by Crippen LogP contribution is -2.37. The summed E-state index contributed by atoms with van der Waals surface area (Å²) in [4.78, 5) is 4.14. The summed E-state index contributed by atoms with van der Waals surface area (Å²) in [7, 11) is 0. The minimum absolute atomic E-state index is 0.499. The van der Waals surface area contributed by atoms with Crippen LogP contribution in [0.4, 0.5) is 0 Å². The highest BCUT2D eigenvalue weighted by molar-refractivity contribution is 5.12. The number of nitrogens with zero attached hydrogens (tertiary/aromatic N) is 1. The van der Waals surface area contributed by atoms with Crippen LogP contribution in [-0.4, -0.2) is 15.7 Å². The molecule has 0 aromatic carbocycles. The first-order valence-corrected chi connectivity index (χ1v) is 7.19. The summed E-state index contributed by atoms with van der Waals surface area (Å²) < 4.78 is 0. The summed E-state index contributed by atoms with van der Waals surface area (Å²) in [5.74, 6) is 1.43. The largest absolute Gasteiger partial charge is 0.390 e. The maximum absolute atomic E-state index is 10.8. The lowest BCUT2D eigenvalue weighted by atomic mass is 9.73. The number of hydrogen-bond donors (Lipinski definition) is 1. The van der Waals surface area contributed by atoms with Gasteiger partial charge in [-0.15, -0.1) is 0 Å². The molecule has 1 aliphatic carbocycles. The van der Waals surface area contributed by atoms with Gasteiger partial charge in [0.1, 0.15) is 0 Å².